The van der Waals surface area contributed by atoms with Gasteiger partial charge in [-0.1, -0.05) is 13.8 Å². The standard InChI is InChI=1S/C16H25N3OS/c1-13(2)12-17-21-16-6-4-15(5-7-16)19-10-8-18(9-11-19)14(3)20/h4-7,13,17H,8-12H2,1-3H3. The van der Waals surface area contributed by atoms with Crippen LogP contribution in [0.3, 0.4) is 0 Å². The maximum atomic E-state index is 11.3. The quantitative estimate of drug-likeness (QED) is 0.848. The Labute approximate surface area is 132 Å². The second kappa shape index (κ2) is 7.71. The summed E-state index contributed by atoms with van der Waals surface area (Å²) in [6.45, 7) is 10.5. The summed E-state index contributed by atoms with van der Waals surface area (Å²) in [4.78, 5) is 16.8. The first-order valence-electron chi connectivity index (χ1n) is 7.56. The van der Waals surface area contributed by atoms with E-state index in [9.17, 15) is 4.79 Å². The molecule has 0 unspecified atom stereocenters. The Kier molecular flexibility index (Phi) is 5.94. The van der Waals surface area contributed by atoms with Gasteiger partial charge >= 0.3 is 0 Å². The van der Waals surface area contributed by atoms with E-state index in [-0.39, 0.29) is 5.91 Å². The van der Waals surface area contributed by atoms with E-state index in [1.54, 1.807) is 18.9 Å². The van der Waals surface area contributed by atoms with Crippen molar-refractivity contribution in [1.82, 2.24) is 9.62 Å². The van der Waals surface area contributed by atoms with Crippen LogP contribution in [0.15, 0.2) is 29.2 Å². The molecule has 0 radical (unpaired) electrons. The van der Waals surface area contributed by atoms with Gasteiger partial charge in [-0.3, -0.25) is 9.52 Å². The smallest absolute Gasteiger partial charge is 0.219 e. The monoisotopic (exact) mass is 307 g/mol. The summed E-state index contributed by atoms with van der Waals surface area (Å²) < 4.78 is 3.38. The van der Waals surface area contributed by atoms with Gasteiger partial charge in [0.2, 0.25) is 5.91 Å². The molecule has 1 heterocycles. The minimum absolute atomic E-state index is 0.178. The van der Waals surface area contributed by atoms with E-state index in [1.165, 1.54) is 10.6 Å². The van der Waals surface area contributed by atoms with Crippen LogP contribution in [0.1, 0.15) is 20.8 Å². The average molecular weight is 307 g/mol. The third kappa shape index (κ3) is 4.93. The maximum Gasteiger partial charge on any atom is 0.219 e. The predicted octanol–water partition coefficient (Wildman–Crippen LogP) is 2.61. The van der Waals surface area contributed by atoms with Crippen molar-refractivity contribution in [3.63, 3.8) is 0 Å². The number of nitrogens with one attached hydrogen (secondary N) is 1. The van der Waals surface area contributed by atoms with Crippen LogP contribution >= 0.6 is 11.9 Å². The summed E-state index contributed by atoms with van der Waals surface area (Å²) in [7, 11) is 0. The van der Waals surface area contributed by atoms with Crippen molar-refractivity contribution < 1.29 is 4.79 Å². The van der Waals surface area contributed by atoms with Crippen molar-refractivity contribution in [1.29, 1.82) is 0 Å². The van der Waals surface area contributed by atoms with Crippen LogP contribution in [-0.4, -0.2) is 43.5 Å². The molecular formula is C16H25N3OS. The highest BCUT2D eigenvalue weighted by molar-refractivity contribution is 7.97. The summed E-state index contributed by atoms with van der Waals surface area (Å²) in [6, 6.07) is 8.65. The number of benzene rings is 1. The summed E-state index contributed by atoms with van der Waals surface area (Å²) >= 11 is 1.69. The van der Waals surface area contributed by atoms with Gasteiger partial charge in [-0.05, 0) is 42.1 Å². The van der Waals surface area contributed by atoms with Crippen LogP contribution in [0.25, 0.3) is 0 Å². The Bertz CT molecular complexity index is 453. The van der Waals surface area contributed by atoms with Gasteiger partial charge in [-0.25, -0.2) is 0 Å². The second-order valence-corrected chi connectivity index (χ2v) is 6.80. The Balaban J connectivity index is 1.84. The molecule has 1 aromatic carbocycles. The summed E-state index contributed by atoms with van der Waals surface area (Å²) in [5.74, 6) is 0.840. The maximum absolute atomic E-state index is 11.3. The predicted molar refractivity (Wildman–Crippen MR) is 89.6 cm³/mol. The first-order chi connectivity index (χ1) is 10.1. The van der Waals surface area contributed by atoms with E-state index >= 15 is 0 Å². The number of anilines is 1. The number of hydrogen-bond acceptors (Lipinski definition) is 4. The number of amides is 1. The van der Waals surface area contributed by atoms with E-state index in [0.29, 0.717) is 5.92 Å². The minimum Gasteiger partial charge on any atom is -0.368 e. The SMILES string of the molecule is CC(=O)N1CCN(c2ccc(SNCC(C)C)cc2)CC1. The lowest BCUT2D eigenvalue weighted by atomic mass is 10.2. The zero-order valence-electron chi connectivity index (χ0n) is 13.1. The topological polar surface area (TPSA) is 35.6 Å². The molecule has 0 aromatic heterocycles. The number of carbonyl (C=O) groups excluding carboxylic acids is 1. The number of hydrogen-bond donors (Lipinski definition) is 1. The molecule has 1 saturated heterocycles. The van der Waals surface area contributed by atoms with Crippen molar-refractivity contribution in [2.24, 2.45) is 5.92 Å². The molecular weight excluding hydrogens is 282 g/mol. The molecule has 0 saturated carbocycles. The second-order valence-electron chi connectivity index (χ2n) is 5.83. The first-order valence-corrected chi connectivity index (χ1v) is 8.38. The average Bonchev–Trinajstić information content (AvgIpc) is 2.48. The van der Waals surface area contributed by atoms with Gasteiger partial charge in [0.05, 0.1) is 0 Å². The molecule has 1 aliphatic rings. The molecule has 1 N–H and O–H groups in total. The molecule has 0 atom stereocenters. The van der Waals surface area contributed by atoms with Gasteiger partial charge in [0.1, 0.15) is 0 Å². The first kappa shape index (κ1) is 16.2. The molecule has 0 bridgehead atoms. The van der Waals surface area contributed by atoms with E-state index < -0.39 is 0 Å². The molecule has 2 rings (SSSR count). The lowest BCUT2D eigenvalue weighted by molar-refractivity contribution is -0.129. The van der Waals surface area contributed by atoms with Crippen molar-refractivity contribution in [3.8, 4) is 0 Å². The fourth-order valence-electron chi connectivity index (χ4n) is 2.30. The van der Waals surface area contributed by atoms with E-state index in [0.717, 1.165) is 32.7 Å². The summed E-state index contributed by atoms with van der Waals surface area (Å²) in [5.41, 5.74) is 1.24. The highest BCUT2D eigenvalue weighted by Gasteiger charge is 2.18. The molecule has 1 amide bonds. The number of nitrogens with zero attached hydrogens (tertiary/aromatic N) is 2. The van der Waals surface area contributed by atoms with Crippen molar-refractivity contribution >= 4 is 23.5 Å². The van der Waals surface area contributed by atoms with E-state index in [2.05, 4.69) is 47.7 Å². The molecule has 1 fully saturated rings. The molecule has 116 valence electrons. The molecule has 0 aliphatic carbocycles. The van der Waals surface area contributed by atoms with Crippen LogP contribution < -0.4 is 9.62 Å². The van der Waals surface area contributed by atoms with Crippen LogP contribution in [0, 0.1) is 5.92 Å². The van der Waals surface area contributed by atoms with Gasteiger partial charge in [0.15, 0.2) is 0 Å². The lowest BCUT2D eigenvalue weighted by Gasteiger charge is -2.35. The Morgan fingerprint density at radius 3 is 2.33 bits per heavy atom. The Hall–Kier alpha value is -1.20. The largest absolute Gasteiger partial charge is 0.368 e. The minimum atomic E-state index is 0.178. The van der Waals surface area contributed by atoms with Crippen LogP contribution in [-0.2, 0) is 4.79 Å². The van der Waals surface area contributed by atoms with Gasteiger partial charge in [0.25, 0.3) is 0 Å². The van der Waals surface area contributed by atoms with Crippen molar-refractivity contribution in [2.75, 3.05) is 37.6 Å². The van der Waals surface area contributed by atoms with Crippen LogP contribution in [0.4, 0.5) is 5.69 Å². The van der Waals surface area contributed by atoms with E-state index in [1.807, 2.05) is 4.90 Å². The van der Waals surface area contributed by atoms with Gasteiger partial charge in [-0.2, -0.15) is 0 Å². The molecule has 0 spiro atoms. The van der Waals surface area contributed by atoms with Gasteiger partial charge in [-0.15, -0.1) is 0 Å². The van der Waals surface area contributed by atoms with Crippen LogP contribution in [0.2, 0.25) is 0 Å². The zero-order chi connectivity index (χ0) is 15.2. The normalized spacial score (nSPS) is 15.6. The van der Waals surface area contributed by atoms with Crippen molar-refractivity contribution in [3.05, 3.63) is 24.3 Å². The van der Waals surface area contributed by atoms with Gasteiger partial charge < -0.3 is 9.80 Å². The fourth-order valence-corrected chi connectivity index (χ4v) is 3.15. The molecule has 1 aliphatic heterocycles. The summed E-state index contributed by atoms with van der Waals surface area (Å²) in [6.07, 6.45) is 0. The Morgan fingerprint density at radius 1 is 1.19 bits per heavy atom. The molecule has 1 aromatic rings. The third-order valence-electron chi connectivity index (χ3n) is 3.61. The molecule has 4 nitrogen and oxygen atoms in total. The van der Waals surface area contributed by atoms with Gasteiger partial charge in [0, 0.05) is 50.2 Å². The number of carbonyl (C=O) groups is 1. The number of rotatable bonds is 5. The van der Waals surface area contributed by atoms with Crippen molar-refractivity contribution in [2.45, 2.75) is 25.7 Å². The number of piperazine rings is 1. The highest BCUT2D eigenvalue weighted by Crippen LogP contribution is 2.21. The third-order valence-corrected chi connectivity index (χ3v) is 4.43. The molecule has 5 heteroatoms. The fraction of sp³-hybridized carbons (Fsp3) is 0.562. The van der Waals surface area contributed by atoms with Crippen LogP contribution in [0.5, 0.6) is 0 Å². The molecule has 21 heavy (non-hydrogen) atoms. The van der Waals surface area contributed by atoms with E-state index in [4.69, 9.17) is 0 Å². The summed E-state index contributed by atoms with van der Waals surface area (Å²) in [5, 5.41) is 0. The zero-order valence-corrected chi connectivity index (χ0v) is 13.9. The lowest BCUT2D eigenvalue weighted by Crippen LogP contribution is -2.48. The highest BCUT2D eigenvalue weighted by atomic mass is 32.2. The Morgan fingerprint density at radius 2 is 1.81 bits per heavy atom.